The Hall–Kier alpha value is -4.20. The number of benzene rings is 3. The van der Waals surface area contributed by atoms with Gasteiger partial charge in [-0.15, -0.1) is 0 Å². The van der Waals surface area contributed by atoms with E-state index in [1.807, 2.05) is 6.07 Å². The fourth-order valence-electron chi connectivity index (χ4n) is 3.43. The van der Waals surface area contributed by atoms with Crippen molar-refractivity contribution in [3.8, 4) is 11.1 Å². The van der Waals surface area contributed by atoms with Crippen LogP contribution in [-0.4, -0.2) is 23.2 Å². The first-order valence-electron chi connectivity index (χ1n) is 10.1. The summed E-state index contributed by atoms with van der Waals surface area (Å²) >= 11 is 0. The molecule has 4 aromatic rings. The maximum absolute atomic E-state index is 14.1. The highest BCUT2D eigenvalue weighted by Gasteiger charge is 2.21. The molecule has 4 rings (SSSR count). The summed E-state index contributed by atoms with van der Waals surface area (Å²) in [6.45, 7) is -0.234. The van der Waals surface area contributed by atoms with Crippen LogP contribution >= 0.6 is 0 Å². The topological polar surface area (TPSA) is 88.8 Å². The zero-order chi connectivity index (χ0) is 23.4. The number of carbonyl (C=O) groups is 2. The molecule has 0 bridgehead atoms. The summed E-state index contributed by atoms with van der Waals surface area (Å²) in [5.41, 5.74) is 1.82. The molecule has 1 heterocycles. The van der Waals surface area contributed by atoms with Crippen molar-refractivity contribution < 1.29 is 32.6 Å². The molecule has 168 valence electrons. The Balaban J connectivity index is 1.42. The van der Waals surface area contributed by atoms with Crippen LogP contribution in [0.4, 0.5) is 13.6 Å². The van der Waals surface area contributed by atoms with Crippen molar-refractivity contribution in [3.63, 3.8) is 0 Å². The van der Waals surface area contributed by atoms with E-state index in [1.54, 1.807) is 48.5 Å². The summed E-state index contributed by atoms with van der Waals surface area (Å²) in [5, 5.41) is 12.3. The van der Waals surface area contributed by atoms with Crippen LogP contribution in [0.2, 0.25) is 0 Å². The Bertz CT molecular complexity index is 1300. The normalized spacial score (nSPS) is 11.8. The van der Waals surface area contributed by atoms with Crippen LogP contribution in [0, 0.1) is 11.6 Å². The number of rotatable bonds is 7. The lowest BCUT2D eigenvalue weighted by Crippen LogP contribution is -2.42. The SMILES string of the molecule is O=C(NC(Cc1ccccc1)C(=O)O)OCc1cc2cc(-c3cc(F)ccc3F)ccc2o1. The van der Waals surface area contributed by atoms with E-state index in [0.29, 0.717) is 22.3 Å². The van der Waals surface area contributed by atoms with Gasteiger partial charge in [-0.25, -0.2) is 18.4 Å². The molecule has 0 spiro atoms. The first kappa shape index (κ1) is 22.0. The fourth-order valence-corrected chi connectivity index (χ4v) is 3.43. The van der Waals surface area contributed by atoms with E-state index in [-0.39, 0.29) is 18.6 Å². The summed E-state index contributed by atoms with van der Waals surface area (Å²) in [6, 6.07) is 17.4. The predicted molar refractivity (Wildman–Crippen MR) is 116 cm³/mol. The standard InChI is InChI=1S/C25H19F2NO5/c26-18-7-8-21(27)20(13-18)16-6-9-23-17(11-16)12-19(33-23)14-32-25(31)28-22(24(29)30)10-15-4-2-1-3-5-15/h1-9,11-13,22H,10,14H2,(H,28,31)(H,29,30). The molecule has 0 aliphatic heterocycles. The van der Waals surface area contributed by atoms with Crippen molar-refractivity contribution in [2.24, 2.45) is 0 Å². The van der Waals surface area contributed by atoms with E-state index >= 15 is 0 Å². The van der Waals surface area contributed by atoms with Gasteiger partial charge in [0.05, 0.1) is 0 Å². The third kappa shape index (κ3) is 5.35. The Morgan fingerprint density at radius 1 is 1.00 bits per heavy atom. The predicted octanol–water partition coefficient (Wildman–Crippen LogP) is 5.30. The number of carbonyl (C=O) groups excluding carboxylic acids is 1. The van der Waals surface area contributed by atoms with Crippen molar-refractivity contribution >= 4 is 23.0 Å². The summed E-state index contributed by atoms with van der Waals surface area (Å²) in [6.07, 6.45) is -0.795. The highest BCUT2D eigenvalue weighted by atomic mass is 19.1. The van der Waals surface area contributed by atoms with Crippen LogP contribution in [-0.2, 0) is 22.6 Å². The van der Waals surface area contributed by atoms with Gasteiger partial charge in [-0.1, -0.05) is 36.4 Å². The molecule has 0 radical (unpaired) electrons. The number of carboxylic acid groups (broad SMARTS) is 1. The van der Waals surface area contributed by atoms with Gasteiger partial charge in [0, 0.05) is 17.4 Å². The Kier molecular flexibility index (Phi) is 6.35. The minimum Gasteiger partial charge on any atom is -0.480 e. The molecule has 3 aromatic carbocycles. The fraction of sp³-hybridized carbons (Fsp3) is 0.120. The van der Waals surface area contributed by atoms with Gasteiger partial charge in [-0.05, 0) is 47.5 Å². The molecule has 0 fully saturated rings. The van der Waals surface area contributed by atoms with Gasteiger partial charge in [0.25, 0.3) is 0 Å². The minimum absolute atomic E-state index is 0.106. The van der Waals surface area contributed by atoms with Crippen LogP contribution in [0.1, 0.15) is 11.3 Å². The molecule has 6 nitrogen and oxygen atoms in total. The molecular formula is C25H19F2NO5. The maximum atomic E-state index is 14.1. The summed E-state index contributed by atoms with van der Waals surface area (Å²) in [7, 11) is 0. The lowest BCUT2D eigenvalue weighted by atomic mass is 10.0. The van der Waals surface area contributed by atoms with Crippen molar-refractivity contribution in [2.45, 2.75) is 19.1 Å². The van der Waals surface area contributed by atoms with Crippen LogP contribution in [0.5, 0.6) is 0 Å². The Morgan fingerprint density at radius 2 is 1.79 bits per heavy atom. The molecular weight excluding hydrogens is 432 g/mol. The molecule has 1 aromatic heterocycles. The number of furan rings is 1. The Labute approximate surface area is 187 Å². The lowest BCUT2D eigenvalue weighted by Gasteiger charge is -2.14. The molecule has 0 saturated carbocycles. The van der Waals surface area contributed by atoms with Gasteiger partial charge in [-0.3, -0.25) is 0 Å². The third-order valence-corrected chi connectivity index (χ3v) is 5.03. The summed E-state index contributed by atoms with van der Waals surface area (Å²) in [5.74, 6) is -1.97. The second kappa shape index (κ2) is 9.52. The largest absolute Gasteiger partial charge is 0.480 e. The quantitative estimate of drug-likeness (QED) is 0.398. The van der Waals surface area contributed by atoms with Gasteiger partial charge in [0.15, 0.2) is 6.61 Å². The second-order valence-electron chi connectivity index (χ2n) is 7.39. The molecule has 8 heteroatoms. The molecule has 0 aliphatic rings. The van der Waals surface area contributed by atoms with E-state index in [1.165, 1.54) is 0 Å². The number of hydrogen-bond donors (Lipinski definition) is 2. The number of ether oxygens (including phenoxy) is 1. The van der Waals surface area contributed by atoms with Gasteiger partial charge in [0.1, 0.15) is 29.0 Å². The molecule has 33 heavy (non-hydrogen) atoms. The second-order valence-corrected chi connectivity index (χ2v) is 7.39. The highest BCUT2D eigenvalue weighted by Crippen LogP contribution is 2.29. The van der Waals surface area contributed by atoms with Crippen molar-refractivity contribution in [2.75, 3.05) is 0 Å². The van der Waals surface area contributed by atoms with Crippen LogP contribution in [0.25, 0.3) is 22.1 Å². The zero-order valence-corrected chi connectivity index (χ0v) is 17.3. The number of nitrogens with one attached hydrogen (secondary N) is 1. The average Bonchev–Trinajstić information content (AvgIpc) is 3.21. The van der Waals surface area contributed by atoms with E-state index in [0.717, 1.165) is 23.8 Å². The van der Waals surface area contributed by atoms with E-state index in [2.05, 4.69) is 5.32 Å². The van der Waals surface area contributed by atoms with Gasteiger partial charge < -0.3 is 19.6 Å². The van der Waals surface area contributed by atoms with Crippen LogP contribution in [0.3, 0.4) is 0 Å². The van der Waals surface area contributed by atoms with Gasteiger partial charge >= 0.3 is 12.1 Å². The average molecular weight is 451 g/mol. The number of aliphatic carboxylic acids is 1. The minimum atomic E-state index is -1.18. The third-order valence-electron chi connectivity index (χ3n) is 5.03. The van der Waals surface area contributed by atoms with E-state index in [9.17, 15) is 23.5 Å². The zero-order valence-electron chi connectivity index (χ0n) is 17.3. The van der Waals surface area contributed by atoms with Crippen LogP contribution in [0.15, 0.2) is 77.2 Å². The monoisotopic (exact) mass is 451 g/mol. The summed E-state index contributed by atoms with van der Waals surface area (Å²) in [4.78, 5) is 23.6. The molecule has 1 amide bonds. The van der Waals surface area contributed by atoms with Crippen molar-refractivity contribution in [3.05, 3.63) is 95.8 Å². The Morgan fingerprint density at radius 3 is 2.55 bits per heavy atom. The van der Waals surface area contributed by atoms with E-state index < -0.39 is 29.7 Å². The van der Waals surface area contributed by atoms with Crippen molar-refractivity contribution in [1.82, 2.24) is 5.32 Å². The van der Waals surface area contributed by atoms with Crippen molar-refractivity contribution in [1.29, 1.82) is 0 Å². The number of alkyl carbamates (subject to hydrolysis) is 1. The van der Waals surface area contributed by atoms with E-state index in [4.69, 9.17) is 9.15 Å². The molecule has 1 atom stereocenters. The molecule has 0 saturated heterocycles. The first-order chi connectivity index (χ1) is 15.9. The van der Waals surface area contributed by atoms with Crippen LogP contribution < -0.4 is 5.32 Å². The molecule has 0 aliphatic carbocycles. The number of fused-ring (bicyclic) bond motifs is 1. The summed E-state index contributed by atoms with van der Waals surface area (Å²) < 4.78 is 38.3. The van der Waals surface area contributed by atoms with Gasteiger partial charge in [-0.2, -0.15) is 0 Å². The first-order valence-corrected chi connectivity index (χ1v) is 10.1. The number of amides is 1. The smallest absolute Gasteiger partial charge is 0.408 e. The highest BCUT2D eigenvalue weighted by molar-refractivity contribution is 5.84. The molecule has 1 unspecified atom stereocenters. The lowest BCUT2D eigenvalue weighted by molar-refractivity contribution is -0.139. The maximum Gasteiger partial charge on any atom is 0.408 e. The number of carboxylic acids is 1. The number of halogens is 2. The number of hydrogen-bond acceptors (Lipinski definition) is 4. The van der Waals surface area contributed by atoms with Gasteiger partial charge in [0.2, 0.25) is 0 Å². The molecule has 2 N–H and O–H groups in total.